The largest absolute Gasteiger partial charge is 0.353 e. The molecule has 6 heteroatoms. The van der Waals surface area contributed by atoms with E-state index in [0.29, 0.717) is 12.1 Å². The van der Waals surface area contributed by atoms with Crippen LogP contribution < -0.4 is 5.32 Å². The van der Waals surface area contributed by atoms with Crippen LogP contribution in [0.25, 0.3) is 17.3 Å². The molecule has 28 heavy (non-hydrogen) atoms. The Kier molecular flexibility index (Phi) is 7.03. The lowest BCUT2D eigenvalue weighted by Crippen LogP contribution is -2.22. The first kappa shape index (κ1) is 19.9. The van der Waals surface area contributed by atoms with Crippen LogP contribution in [0.4, 0.5) is 4.39 Å². The number of nitrogens with one attached hydrogen (secondary N) is 1. The van der Waals surface area contributed by atoms with Crippen LogP contribution in [0.3, 0.4) is 0 Å². The monoisotopic (exact) mass is 395 g/mol. The van der Waals surface area contributed by atoms with Crippen LogP contribution in [0.1, 0.15) is 29.0 Å². The van der Waals surface area contributed by atoms with Gasteiger partial charge in [0.1, 0.15) is 5.82 Å². The average molecular weight is 396 g/mol. The predicted octanol–water partition coefficient (Wildman–Crippen LogP) is 4.80. The van der Waals surface area contributed by atoms with Crippen LogP contribution in [0.15, 0.2) is 54.2 Å². The molecule has 0 aliphatic heterocycles. The zero-order chi connectivity index (χ0) is 19.8. The molecule has 4 nitrogen and oxygen atoms in total. The first-order chi connectivity index (χ1) is 13.6. The summed E-state index contributed by atoms with van der Waals surface area (Å²) in [6.45, 7) is 2.32. The van der Waals surface area contributed by atoms with Crippen LogP contribution in [0.5, 0.6) is 0 Å². The topological polar surface area (TPSA) is 54.9 Å². The van der Waals surface area contributed by atoms with E-state index in [4.69, 9.17) is 0 Å². The molecule has 1 aromatic carbocycles. The highest BCUT2D eigenvalue weighted by Crippen LogP contribution is 2.21. The van der Waals surface area contributed by atoms with Crippen molar-refractivity contribution in [3.63, 3.8) is 0 Å². The summed E-state index contributed by atoms with van der Waals surface area (Å²) in [5.41, 5.74) is 3.36. The number of aromatic nitrogens is 2. The number of amides is 1. The van der Waals surface area contributed by atoms with E-state index in [1.54, 1.807) is 42.7 Å². The lowest BCUT2D eigenvalue weighted by atomic mass is 10.1. The Morgan fingerprint density at radius 3 is 2.96 bits per heavy atom. The van der Waals surface area contributed by atoms with E-state index in [2.05, 4.69) is 20.7 Å². The van der Waals surface area contributed by atoms with Gasteiger partial charge in [0, 0.05) is 36.0 Å². The van der Waals surface area contributed by atoms with Crippen molar-refractivity contribution >= 4 is 23.3 Å². The van der Waals surface area contributed by atoms with E-state index in [-0.39, 0.29) is 11.7 Å². The summed E-state index contributed by atoms with van der Waals surface area (Å²) in [4.78, 5) is 20.6. The third kappa shape index (κ3) is 5.82. The Morgan fingerprint density at radius 2 is 2.18 bits per heavy atom. The van der Waals surface area contributed by atoms with Crippen molar-refractivity contribution in [1.82, 2.24) is 15.3 Å². The smallest absolute Gasteiger partial charge is 0.243 e. The molecule has 0 atom stereocenters. The van der Waals surface area contributed by atoms with Gasteiger partial charge in [-0.1, -0.05) is 6.07 Å². The van der Waals surface area contributed by atoms with E-state index in [1.165, 1.54) is 12.1 Å². The van der Waals surface area contributed by atoms with Gasteiger partial charge in [-0.15, -0.1) is 11.3 Å². The van der Waals surface area contributed by atoms with Crippen molar-refractivity contribution in [2.75, 3.05) is 6.54 Å². The molecular formula is C22H22FN3OS. The highest BCUT2D eigenvalue weighted by atomic mass is 32.1. The van der Waals surface area contributed by atoms with Gasteiger partial charge < -0.3 is 5.32 Å². The lowest BCUT2D eigenvalue weighted by molar-refractivity contribution is -0.116. The van der Waals surface area contributed by atoms with Crippen LogP contribution in [-0.2, 0) is 11.2 Å². The van der Waals surface area contributed by atoms with Gasteiger partial charge in [-0.25, -0.2) is 9.37 Å². The summed E-state index contributed by atoms with van der Waals surface area (Å²) in [5.74, 6) is -0.385. The van der Waals surface area contributed by atoms with Gasteiger partial charge in [-0.3, -0.25) is 9.78 Å². The molecule has 1 N–H and O–H groups in total. The molecule has 0 fully saturated rings. The zero-order valence-corrected chi connectivity index (χ0v) is 16.5. The summed E-state index contributed by atoms with van der Waals surface area (Å²) in [6, 6.07) is 8.68. The van der Waals surface area contributed by atoms with Gasteiger partial charge >= 0.3 is 0 Å². The maximum atomic E-state index is 13.2. The Balaban J connectivity index is 1.36. The standard InChI is InChI=1S/C22H22FN3OS/c1-16-13-17(7-9-19(16)23)8-10-21(27)25-12-3-2-6-22-26-20(15-28-22)18-5-4-11-24-14-18/h4-5,7-11,13-15H,2-3,6,12H2,1H3,(H,25,27)/b10-8+. The Morgan fingerprint density at radius 1 is 1.29 bits per heavy atom. The lowest BCUT2D eigenvalue weighted by Gasteiger charge is -2.02. The fourth-order valence-electron chi connectivity index (χ4n) is 2.69. The summed E-state index contributed by atoms with van der Waals surface area (Å²) in [7, 11) is 0. The first-order valence-corrected chi connectivity index (χ1v) is 10.1. The second kappa shape index (κ2) is 9.90. The second-order valence-corrected chi connectivity index (χ2v) is 7.40. The second-order valence-electron chi connectivity index (χ2n) is 6.46. The van der Waals surface area contributed by atoms with E-state index in [1.807, 2.05) is 18.3 Å². The molecule has 0 aliphatic rings. The normalized spacial score (nSPS) is 11.1. The van der Waals surface area contributed by atoms with Crippen molar-refractivity contribution < 1.29 is 9.18 Å². The zero-order valence-electron chi connectivity index (χ0n) is 15.7. The Hall–Kier alpha value is -2.86. The summed E-state index contributed by atoms with van der Waals surface area (Å²) < 4.78 is 13.2. The molecule has 2 heterocycles. The molecule has 0 radical (unpaired) electrons. The van der Waals surface area contributed by atoms with E-state index in [9.17, 15) is 9.18 Å². The van der Waals surface area contributed by atoms with Gasteiger partial charge in [0.05, 0.1) is 10.7 Å². The van der Waals surface area contributed by atoms with Crippen molar-refractivity contribution in [3.8, 4) is 11.3 Å². The molecule has 0 aliphatic carbocycles. The quantitative estimate of drug-likeness (QED) is 0.440. The Labute approximate surface area is 168 Å². The van der Waals surface area contributed by atoms with Gasteiger partial charge in [-0.05, 0) is 67.7 Å². The fourth-order valence-corrected chi connectivity index (χ4v) is 3.54. The SMILES string of the molecule is Cc1cc(/C=C/C(=O)NCCCCc2nc(-c3cccnc3)cs2)ccc1F. The fraction of sp³-hybridized carbons (Fsp3) is 0.227. The number of thiazole rings is 1. The summed E-state index contributed by atoms with van der Waals surface area (Å²) in [5, 5.41) is 6.02. The first-order valence-electron chi connectivity index (χ1n) is 9.19. The summed E-state index contributed by atoms with van der Waals surface area (Å²) in [6.07, 6.45) is 9.48. The number of halogens is 1. The number of benzene rings is 1. The minimum absolute atomic E-state index is 0.143. The van der Waals surface area contributed by atoms with Gasteiger partial charge in [0.2, 0.25) is 5.91 Å². The molecule has 1 amide bonds. The minimum Gasteiger partial charge on any atom is -0.353 e. The van der Waals surface area contributed by atoms with Gasteiger partial charge in [0.15, 0.2) is 0 Å². The van der Waals surface area contributed by atoms with E-state index < -0.39 is 0 Å². The van der Waals surface area contributed by atoms with E-state index >= 15 is 0 Å². The van der Waals surface area contributed by atoms with Crippen molar-refractivity contribution in [3.05, 3.63) is 76.1 Å². The van der Waals surface area contributed by atoms with Gasteiger partial charge in [0.25, 0.3) is 0 Å². The molecule has 3 rings (SSSR count). The van der Waals surface area contributed by atoms with Gasteiger partial charge in [-0.2, -0.15) is 0 Å². The Bertz CT molecular complexity index is 953. The van der Waals surface area contributed by atoms with Crippen molar-refractivity contribution in [1.29, 1.82) is 0 Å². The third-order valence-corrected chi connectivity index (χ3v) is 5.14. The number of pyridine rings is 1. The molecule has 0 bridgehead atoms. The number of hydrogen-bond acceptors (Lipinski definition) is 4. The molecule has 0 saturated heterocycles. The van der Waals surface area contributed by atoms with Crippen molar-refractivity contribution in [2.45, 2.75) is 26.2 Å². The van der Waals surface area contributed by atoms with E-state index in [0.717, 1.165) is 41.1 Å². The van der Waals surface area contributed by atoms with Crippen molar-refractivity contribution in [2.24, 2.45) is 0 Å². The molecule has 144 valence electrons. The number of carbonyl (C=O) groups is 1. The maximum absolute atomic E-state index is 13.2. The molecule has 0 spiro atoms. The predicted molar refractivity (Wildman–Crippen MR) is 111 cm³/mol. The van der Waals surface area contributed by atoms with Crippen LogP contribution in [0.2, 0.25) is 0 Å². The number of aryl methyl sites for hydroxylation is 2. The summed E-state index contributed by atoms with van der Waals surface area (Å²) >= 11 is 1.65. The highest BCUT2D eigenvalue weighted by molar-refractivity contribution is 7.09. The molecule has 3 aromatic rings. The molecule has 0 unspecified atom stereocenters. The number of nitrogens with zero attached hydrogens (tertiary/aromatic N) is 2. The molecule has 0 saturated carbocycles. The van der Waals surface area contributed by atoms with Crippen LogP contribution in [-0.4, -0.2) is 22.4 Å². The highest BCUT2D eigenvalue weighted by Gasteiger charge is 2.04. The number of unbranched alkanes of at least 4 members (excludes halogenated alkanes) is 1. The van der Waals surface area contributed by atoms with Crippen LogP contribution >= 0.6 is 11.3 Å². The third-order valence-electron chi connectivity index (χ3n) is 4.23. The number of rotatable bonds is 8. The van der Waals surface area contributed by atoms with Crippen LogP contribution in [0, 0.1) is 12.7 Å². The minimum atomic E-state index is -0.241. The molecule has 2 aromatic heterocycles. The number of hydrogen-bond donors (Lipinski definition) is 1. The average Bonchev–Trinajstić information content (AvgIpc) is 3.18. The molecular weight excluding hydrogens is 373 g/mol. The maximum Gasteiger partial charge on any atom is 0.243 e. The number of carbonyl (C=O) groups excluding carboxylic acids is 1.